The van der Waals surface area contributed by atoms with E-state index in [0.29, 0.717) is 11.8 Å². The molecule has 0 bridgehead atoms. The highest BCUT2D eigenvalue weighted by Crippen LogP contribution is 2.51. The minimum absolute atomic E-state index is 0.0254. The molecule has 0 radical (unpaired) electrons. The molecule has 0 spiro atoms. The van der Waals surface area contributed by atoms with Crippen molar-refractivity contribution in [1.82, 2.24) is 4.57 Å². The van der Waals surface area contributed by atoms with Gasteiger partial charge in [0, 0.05) is 31.2 Å². The Hall–Kier alpha value is -2.91. The Labute approximate surface area is 232 Å². The van der Waals surface area contributed by atoms with Crippen LogP contribution in [-0.4, -0.2) is 4.57 Å². The summed E-state index contributed by atoms with van der Waals surface area (Å²) >= 11 is 1.96. The van der Waals surface area contributed by atoms with E-state index in [4.69, 9.17) is 0 Å². The summed E-state index contributed by atoms with van der Waals surface area (Å²) in [5.74, 6) is 2.19. The Bertz CT molecular complexity index is 1680. The van der Waals surface area contributed by atoms with Gasteiger partial charge in [-0.25, -0.2) is 4.57 Å². The van der Waals surface area contributed by atoms with E-state index in [0.717, 1.165) is 12.8 Å². The van der Waals surface area contributed by atoms with E-state index in [9.17, 15) is 0 Å². The highest BCUT2D eigenvalue weighted by atomic mass is 32.1. The fourth-order valence-electron chi connectivity index (χ4n) is 7.13. The third kappa shape index (κ3) is 3.21. The maximum Gasteiger partial charge on any atom is 0.294 e. The molecule has 0 saturated heterocycles. The van der Waals surface area contributed by atoms with Crippen LogP contribution in [0, 0.1) is 0 Å². The summed E-state index contributed by atoms with van der Waals surface area (Å²) in [6.45, 7) is 19.0. The van der Waals surface area contributed by atoms with Gasteiger partial charge in [0.25, 0.3) is 5.82 Å². The fourth-order valence-corrected chi connectivity index (χ4v) is 8.50. The Kier molecular flexibility index (Phi) is 5.88. The van der Waals surface area contributed by atoms with E-state index in [2.05, 4.69) is 132 Å². The molecule has 2 atom stereocenters. The zero-order valence-corrected chi connectivity index (χ0v) is 25.0. The second kappa shape index (κ2) is 8.81. The summed E-state index contributed by atoms with van der Waals surface area (Å²) in [6.07, 6.45) is 6.90. The molecule has 6 rings (SSSR count). The predicted molar refractivity (Wildman–Crippen MR) is 164 cm³/mol. The van der Waals surface area contributed by atoms with Crippen LogP contribution >= 0.6 is 11.3 Å². The molecular formula is C35H41N2S+. The molecule has 2 unspecified atom stereocenters. The number of thiophene rings is 1. The molecule has 1 aliphatic heterocycles. The van der Waals surface area contributed by atoms with Crippen molar-refractivity contribution in [2.75, 3.05) is 0 Å². The van der Waals surface area contributed by atoms with Crippen molar-refractivity contribution in [2.45, 2.75) is 91.0 Å². The molecule has 0 aliphatic carbocycles. The lowest BCUT2D eigenvalue weighted by molar-refractivity contribution is -0.764. The average Bonchev–Trinajstić information content (AvgIpc) is 3.53. The molecule has 0 N–H and O–H groups in total. The molecule has 0 fully saturated rings. The zero-order chi connectivity index (χ0) is 27.0. The van der Waals surface area contributed by atoms with E-state index < -0.39 is 0 Å². The topological polar surface area (TPSA) is 8.81 Å². The highest BCUT2D eigenvalue weighted by molar-refractivity contribution is 7.26. The molecule has 5 aromatic rings. The summed E-state index contributed by atoms with van der Waals surface area (Å²) in [6, 6.07) is 20.7. The average molecular weight is 522 g/mol. The van der Waals surface area contributed by atoms with Crippen LogP contribution in [0.25, 0.3) is 37.2 Å². The van der Waals surface area contributed by atoms with Gasteiger partial charge in [-0.3, -0.25) is 0 Å². The summed E-state index contributed by atoms with van der Waals surface area (Å²) in [7, 11) is 0. The smallest absolute Gasteiger partial charge is 0.224 e. The van der Waals surface area contributed by atoms with E-state index in [1.54, 1.807) is 0 Å². The highest BCUT2D eigenvalue weighted by Gasteiger charge is 2.55. The lowest BCUT2D eigenvalue weighted by Crippen LogP contribution is -2.67. The van der Waals surface area contributed by atoms with Crippen molar-refractivity contribution < 1.29 is 4.57 Å². The number of benzene rings is 3. The van der Waals surface area contributed by atoms with Gasteiger partial charge < -0.3 is 0 Å². The van der Waals surface area contributed by atoms with Crippen LogP contribution < -0.4 is 4.57 Å². The van der Waals surface area contributed by atoms with Crippen molar-refractivity contribution >= 4 is 31.5 Å². The minimum atomic E-state index is -0.0254. The molecule has 38 heavy (non-hydrogen) atoms. The first-order valence-corrected chi connectivity index (χ1v) is 15.2. The van der Waals surface area contributed by atoms with Crippen molar-refractivity contribution in [1.29, 1.82) is 0 Å². The van der Waals surface area contributed by atoms with Crippen LogP contribution in [-0.2, 0) is 11.0 Å². The summed E-state index contributed by atoms with van der Waals surface area (Å²) in [5.41, 5.74) is 7.13. The van der Waals surface area contributed by atoms with Crippen molar-refractivity contribution in [3.63, 3.8) is 0 Å². The first-order chi connectivity index (χ1) is 18.2. The van der Waals surface area contributed by atoms with Crippen molar-refractivity contribution in [3.8, 4) is 17.1 Å². The van der Waals surface area contributed by atoms with Crippen molar-refractivity contribution in [3.05, 3.63) is 83.7 Å². The van der Waals surface area contributed by atoms with Gasteiger partial charge in [0.1, 0.15) is 23.6 Å². The second-order valence-corrected chi connectivity index (χ2v) is 13.3. The number of nitrogens with zero attached hydrogens (tertiary/aromatic N) is 2. The summed E-state index contributed by atoms with van der Waals surface area (Å²) in [5, 5.41) is 2.79. The van der Waals surface area contributed by atoms with Gasteiger partial charge in [-0.2, -0.15) is 4.57 Å². The minimum Gasteiger partial charge on any atom is -0.224 e. The Balaban J connectivity index is 1.80. The maximum absolute atomic E-state index is 2.61. The van der Waals surface area contributed by atoms with Gasteiger partial charge in [0.2, 0.25) is 0 Å². The Morgan fingerprint density at radius 1 is 0.868 bits per heavy atom. The quantitative estimate of drug-likeness (QED) is 0.203. The fraction of sp³-hybridized carbons (Fsp3) is 0.400. The van der Waals surface area contributed by atoms with Gasteiger partial charge >= 0.3 is 0 Å². The first kappa shape index (κ1) is 25.4. The third-order valence-electron chi connectivity index (χ3n) is 9.86. The number of imidazole rings is 1. The van der Waals surface area contributed by atoms with Gasteiger partial charge in [-0.1, -0.05) is 84.9 Å². The van der Waals surface area contributed by atoms with Gasteiger partial charge in [0.15, 0.2) is 0 Å². The molecular weight excluding hydrogens is 480 g/mol. The summed E-state index contributed by atoms with van der Waals surface area (Å²) in [4.78, 5) is 0. The molecule has 2 nitrogen and oxygen atoms in total. The second-order valence-electron chi connectivity index (χ2n) is 12.2. The van der Waals surface area contributed by atoms with Crippen LogP contribution in [0.2, 0.25) is 0 Å². The molecule has 2 aromatic heterocycles. The Morgan fingerprint density at radius 3 is 2.24 bits per heavy atom. The molecule has 0 amide bonds. The van der Waals surface area contributed by atoms with Crippen LogP contribution in [0.1, 0.15) is 96.8 Å². The summed E-state index contributed by atoms with van der Waals surface area (Å²) < 4.78 is 7.97. The number of fused-ring (bicyclic) bond motifs is 6. The van der Waals surface area contributed by atoms with Crippen LogP contribution in [0.5, 0.6) is 0 Å². The van der Waals surface area contributed by atoms with Gasteiger partial charge in [-0.15, -0.1) is 11.3 Å². The van der Waals surface area contributed by atoms with Gasteiger partial charge in [-0.05, 0) is 60.9 Å². The first-order valence-electron chi connectivity index (χ1n) is 14.4. The molecule has 3 heteroatoms. The molecule has 196 valence electrons. The zero-order valence-electron chi connectivity index (χ0n) is 24.2. The number of hydrogen-bond donors (Lipinski definition) is 0. The molecule has 0 saturated carbocycles. The third-order valence-corrected chi connectivity index (χ3v) is 11.1. The molecule has 1 aliphatic rings. The number of aromatic nitrogens is 2. The van der Waals surface area contributed by atoms with E-state index in [1.165, 1.54) is 53.9 Å². The predicted octanol–water partition coefficient (Wildman–Crippen LogP) is 9.85. The maximum atomic E-state index is 2.61. The van der Waals surface area contributed by atoms with Crippen LogP contribution in [0.15, 0.2) is 67.0 Å². The lowest BCUT2D eigenvalue weighted by Gasteiger charge is -2.47. The van der Waals surface area contributed by atoms with E-state index in [1.807, 2.05) is 11.3 Å². The Morgan fingerprint density at radius 2 is 1.55 bits per heavy atom. The number of hydrogen-bond acceptors (Lipinski definition) is 1. The van der Waals surface area contributed by atoms with E-state index >= 15 is 0 Å². The SMILES string of the molecule is CCC1(C)c2ccccc2-c2n(-c3c(C(C)C)cc(C(C)C)c4sc5ccccc5c34)cc[n+]2C1(C)CC. The number of rotatable bonds is 5. The lowest BCUT2D eigenvalue weighted by atomic mass is 9.61. The van der Waals surface area contributed by atoms with Gasteiger partial charge in [0.05, 0.1) is 5.56 Å². The standard InChI is InChI=1S/C35H41N2S/c1-9-34(7)28-17-13-11-15-24(28)33-36(19-20-37(33)35(34,8)10-2)31-26(22(3)4)21-27(23(5)6)32-30(31)25-16-12-14-18-29(25)38-32/h11-23H,9-10H2,1-8H3/q+1. The van der Waals surface area contributed by atoms with E-state index in [-0.39, 0.29) is 11.0 Å². The molecule has 3 aromatic carbocycles. The normalized spacial score (nSPS) is 21.0. The van der Waals surface area contributed by atoms with Crippen molar-refractivity contribution in [2.24, 2.45) is 0 Å². The monoisotopic (exact) mass is 521 g/mol. The molecule has 3 heterocycles. The van der Waals surface area contributed by atoms with Crippen LogP contribution in [0.3, 0.4) is 0 Å². The van der Waals surface area contributed by atoms with Crippen LogP contribution in [0.4, 0.5) is 0 Å². The largest absolute Gasteiger partial charge is 0.294 e.